The Morgan fingerprint density at radius 3 is 2.58 bits per heavy atom. The summed E-state index contributed by atoms with van der Waals surface area (Å²) in [5.41, 5.74) is 1.94. The zero-order valence-corrected chi connectivity index (χ0v) is 18.3. The fourth-order valence-electron chi connectivity index (χ4n) is 3.22. The van der Waals surface area contributed by atoms with Gasteiger partial charge < -0.3 is 18.9 Å². The number of carbonyl (C=O) groups excluding carboxylic acids is 1. The lowest BCUT2D eigenvalue weighted by Gasteiger charge is -2.10. The maximum Gasteiger partial charge on any atom is 0.231 e. The van der Waals surface area contributed by atoms with E-state index in [4.69, 9.17) is 42.1 Å². The molecule has 1 aliphatic rings. The predicted molar refractivity (Wildman–Crippen MR) is 120 cm³/mol. The van der Waals surface area contributed by atoms with Crippen molar-refractivity contribution in [3.8, 4) is 23.0 Å². The number of ketones is 1. The fourth-order valence-corrected chi connectivity index (χ4v) is 3.69. The summed E-state index contributed by atoms with van der Waals surface area (Å²) in [6.07, 6.45) is 1.64. The van der Waals surface area contributed by atoms with Gasteiger partial charge in [0.15, 0.2) is 17.3 Å². The molecule has 3 aromatic carbocycles. The number of fused-ring (bicyclic) bond motifs is 1. The molecule has 0 aromatic heterocycles. The third-order valence-electron chi connectivity index (χ3n) is 4.77. The lowest BCUT2D eigenvalue weighted by Crippen LogP contribution is -1.99. The molecule has 7 heteroatoms. The second kappa shape index (κ2) is 8.92. The van der Waals surface area contributed by atoms with Gasteiger partial charge in [-0.2, -0.15) is 0 Å². The van der Waals surface area contributed by atoms with E-state index in [1.807, 2.05) is 12.1 Å². The van der Waals surface area contributed by atoms with Crippen LogP contribution in [-0.2, 0) is 6.61 Å². The minimum Gasteiger partial charge on any atom is -0.493 e. The summed E-state index contributed by atoms with van der Waals surface area (Å²) in [5.74, 6) is 2.05. The molecule has 158 valence electrons. The number of rotatable bonds is 6. The highest BCUT2D eigenvalue weighted by Crippen LogP contribution is 2.38. The number of halogens is 2. The van der Waals surface area contributed by atoms with Crippen molar-refractivity contribution >= 4 is 35.1 Å². The number of para-hydroxylation sites is 1. The van der Waals surface area contributed by atoms with E-state index in [0.29, 0.717) is 44.2 Å². The number of ether oxygens (including phenoxy) is 4. The zero-order valence-electron chi connectivity index (χ0n) is 16.8. The number of hydrogen-bond acceptors (Lipinski definition) is 5. The molecule has 0 fully saturated rings. The van der Waals surface area contributed by atoms with Crippen molar-refractivity contribution in [1.82, 2.24) is 0 Å². The minimum atomic E-state index is -0.216. The summed E-state index contributed by atoms with van der Waals surface area (Å²) in [6, 6.07) is 15.7. The first kappa shape index (κ1) is 21.1. The van der Waals surface area contributed by atoms with E-state index < -0.39 is 0 Å². The molecular weight excluding hydrogens is 439 g/mol. The highest BCUT2D eigenvalue weighted by Gasteiger charge is 2.28. The highest BCUT2D eigenvalue weighted by atomic mass is 35.5. The zero-order chi connectivity index (χ0) is 22.0. The molecule has 0 saturated heterocycles. The molecule has 0 atom stereocenters. The first-order valence-electron chi connectivity index (χ1n) is 9.36. The van der Waals surface area contributed by atoms with E-state index in [1.54, 1.807) is 62.8 Å². The van der Waals surface area contributed by atoms with Gasteiger partial charge in [0.1, 0.15) is 18.1 Å². The van der Waals surface area contributed by atoms with Crippen LogP contribution >= 0.6 is 23.2 Å². The largest absolute Gasteiger partial charge is 0.493 e. The normalized spacial score (nSPS) is 13.7. The van der Waals surface area contributed by atoms with Crippen molar-refractivity contribution < 1.29 is 23.7 Å². The summed E-state index contributed by atoms with van der Waals surface area (Å²) in [7, 11) is 3.10. The van der Waals surface area contributed by atoms with Crippen LogP contribution in [0.3, 0.4) is 0 Å². The molecule has 0 amide bonds. The van der Waals surface area contributed by atoms with Gasteiger partial charge in [-0.1, -0.05) is 41.4 Å². The fraction of sp³-hybridized carbons (Fsp3) is 0.125. The first-order valence-corrected chi connectivity index (χ1v) is 10.1. The number of methoxy groups -OCH3 is 2. The number of hydrogen-bond donors (Lipinski definition) is 0. The highest BCUT2D eigenvalue weighted by molar-refractivity contribution is 6.35. The smallest absolute Gasteiger partial charge is 0.231 e. The maximum absolute atomic E-state index is 12.8. The lowest BCUT2D eigenvalue weighted by molar-refractivity contribution is 0.101. The number of benzene rings is 3. The molecule has 0 bridgehead atoms. The third kappa shape index (κ3) is 4.33. The van der Waals surface area contributed by atoms with Crippen molar-refractivity contribution in [2.45, 2.75) is 6.61 Å². The van der Waals surface area contributed by atoms with Crippen LogP contribution in [0.1, 0.15) is 21.5 Å². The topological polar surface area (TPSA) is 54.0 Å². The first-order chi connectivity index (χ1) is 15.0. The lowest BCUT2D eigenvalue weighted by atomic mass is 10.1. The average molecular weight is 457 g/mol. The van der Waals surface area contributed by atoms with Gasteiger partial charge in [0, 0.05) is 27.2 Å². The van der Waals surface area contributed by atoms with Gasteiger partial charge in [-0.25, -0.2) is 0 Å². The Bertz CT molecular complexity index is 1190. The van der Waals surface area contributed by atoms with Gasteiger partial charge in [-0.3, -0.25) is 4.79 Å². The molecule has 1 heterocycles. The summed E-state index contributed by atoms with van der Waals surface area (Å²) >= 11 is 12.1. The van der Waals surface area contributed by atoms with Crippen LogP contribution in [0.5, 0.6) is 23.0 Å². The van der Waals surface area contributed by atoms with E-state index in [1.165, 1.54) is 0 Å². The molecule has 0 radical (unpaired) electrons. The quantitative estimate of drug-likeness (QED) is 0.412. The summed E-state index contributed by atoms with van der Waals surface area (Å²) in [6.45, 7) is 0.256. The van der Waals surface area contributed by atoms with Gasteiger partial charge in [-0.15, -0.1) is 0 Å². The molecule has 0 aliphatic carbocycles. The maximum atomic E-state index is 12.8. The van der Waals surface area contributed by atoms with Gasteiger partial charge >= 0.3 is 0 Å². The van der Waals surface area contributed by atoms with E-state index in [9.17, 15) is 4.79 Å². The molecule has 1 aliphatic heterocycles. The van der Waals surface area contributed by atoms with Crippen LogP contribution in [0.4, 0.5) is 0 Å². The van der Waals surface area contributed by atoms with Gasteiger partial charge in [0.05, 0.1) is 19.8 Å². The van der Waals surface area contributed by atoms with Crippen LogP contribution < -0.4 is 18.9 Å². The molecular formula is C24H18Cl2O5. The van der Waals surface area contributed by atoms with Gasteiger partial charge in [-0.05, 0) is 36.4 Å². The second-order valence-corrected chi connectivity index (χ2v) is 7.55. The van der Waals surface area contributed by atoms with Crippen molar-refractivity contribution in [2.24, 2.45) is 0 Å². The van der Waals surface area contributed by atoms with Crippen LogP contribution in [-0.4, -0.2) is 20.0 Å². The van der Waals surface area contributed by atoms with Crippen LogP contribution in [0.15, 0.2) is 60.4 Å². The van der Waals surface area contributed by atoms with Gasteiger partial charge in [0.25, 0.3) is 0 Å². The molecule has 0 saturated carbocycles. The van der Waals surface area contributed by atoms with E-state index in [-0.39, 0.29) is 18.1 Å². The number of carbonyl (C=O) groups is 1. The Morgan fingerprint density at radius 1 is 1.00 bits per heavy atom. The molecule has 0 N–H and O–H groups in total. The van der Waals surface area contributed by atoms with Crippen LogP contribution in [0.25, 0.3) is 6.08 Å². The van der Waals surface area contributed by atoms with Crippen molar-refractivity contribution in [1.29, 1.82) is 0 Å². The van der Waals surface area contributed by atoms with E-state index in [0.717, 1.165) is 5.56 Å². The summed E-state index contributed by atoms with van der Waals surface area (Å²) in [5, 5.41) is 1.09. The van der Waals surface area contributed by atoms with E-state index in [2.05, 4.69) is 0 Å². The van der Waals surface area contributed by atoms with Crippen LogP contribution in [0, 0.1) is 0 Å². The Kier molecular flexibility index (Phi) is 6.07. The van der Waals surface area contributed by atoms with Crippen molar-refractivity contribution in [3.05, 3.63) is 87.1 Å². The molecule has 5 nitrogen and oxygen atoms in total. The van der Waals surface area contributed by atoms with Gasteiger partial charge in [0.2, 0.25) is 5.78 Å². The van der Waals surface area contributed by atoms with Crippen molar-refractivity contribution in [2.75, 3.05) is 14.2 Å². The molecule has 0 unspecified atom stereocenters. The van der Waals surface area contributed by atoms with Crippen molar-refractivity contribution in [3.63, 3.8) is 0 Å². The summed E-state index contributed by atoms with van der Waals surface area (Å²) < 4.78 is 22.4. The summed E-state index contributed by atoms with van der Waals surface area (Å²) in [4.78, 5) is 12.8. The molecule has 0 spiro atoms. The Balaban J connectivity index is 1.55. The molecule has 31 heavy (non-hydrogen) atoms. The van der Waals surface area contributed by atoms with E-state index >= 15 is 0 Å². The Hall–Kier alpha value is -3.15. The third-order valence-corrected chi connectivity index (χ3v) is 5.36. The minimum absolute atomic E-state index is 0.194. The van der Waals surface area contributed by atoms with Crippen LogP contribution in [0.2, 0.25) is 10.0 Å². The molecule has 4 rings (SSSR count). The number of allylic oxidation sites excluding steroid dienone is 1. The predicted octanol–water partition coefficient (Wildman–Crippen LogP) is 6.21. The SMILES string of the molecule is COc1cccc(C=C2Oc3cc(OCc4ccc(Cl)cc4Cl)ccc3C2=O)c1OC. The standard InChI is InChI=1S/C24H18Cl2O5/c1-28-20-5-3-4-14(24(20)29-2)10-22-23(27)18-9-8-17(12-21(18)31-22)30-13-15-6-7-16(25)11-19(15)26/h3-12H,13H2,1-2H3. The second-order valence-electron chi connectivity index (χ2n) is 6.70. The molecule has 3 aromatic rings. The Labute approximate surface area is 189 Å². The Morgan fingerprint density at radius 2 is 1.84 bits per heavy atom. The monoisotopic (exact) mass is 456 g/mol. The number of Topliss-reactive ketones (excluding diaryl/α,β-unsaturated/α-hetero) is 1. The average Bonchev–Trinajstić information content (AvgIpc) is 3.07.